The van der Waals surface area contributed by atoms with E-state index in [0.29, 0.717) is 0 Å². The van der Waals surface area contributed by atoms with Crippen LogP contribution in [0.1, 0.15) is 15.9 Å². The van der Waals surface area contributed by atoms with E-state index >= 15 is 0 Å². The number of methoxy groups -OCH3 is 1. The largest absolute Gasteiger partial charge is 0.463 e. The van der Waals surface area contributed by atoms with E-state index in [4.69, 9.17) is 5.41 Å². The van der Waals surface area contributed by atoms with Crippen LogP contribution in [0.4, 0.5) is 13.2 Å². The Morgan fingerprint density at radius 1 is 1.35 bits per heavy atom. The molecule has 1 aliphatic heterocycles. The van der Waals surface area contributed by atoms with Crippen molar-refractivity contribution >= 4 is 29.4 Å². The summed E-state index contributed by atoms with van der Waals surface area (Å²) in [5.74, 6) is -2.15. The summed E-state index contributed by atoms with van der Waals surface area (Å²) in [7, 11) is 1.09. The molecule has 0 spiro atoms. The third-order valence-corrected chi connectivity index (χ3v) is 4.00. The number of carbonyl (C=O) groups is 2. The number of benzene rings is 1. The van der Waals surface area contributed by atoms with Crippen LogP contribution < -0.4 is 0 Å². The van der Waals surface area contributed by atoms with Crippen LogP contribution in [0, 0.1) is 5.41 Å². The topological polar surface area (TPSA) is 70.5 Å². The standard InChI is InChI=1S/C14H11F3N2O3S/c1-22-13(21)11(18)19-5-6-23-12(19)10(20)8-3-2-4-9(7-8)14(15,16)17/h2-7,12,18H,1H3. The highest BCUT2D eigenvalue weighted by molar-refractivity contribution is 8.03. The molecule has 1 N–H and O–H groups in total. The van der Waals surface area contributed by atoms with Gasteiger partial charge in [0.05, 0.1) is 12.7 Å². The average Bonchev–Trinajstić information content (AvgIpc) is 3.01. The van der Waals surface area contributed by atoms with Crippen molar-refractivity contribution in [3.05, 3.63) is 47.0 Å². The first-order chi connectivity index (χ1) is 10.8. The molecule has 0 aromatic heterocycles. The SMILES string of the molecule is COC(=O)C(=N)N1C=CSC1C(=O)c1cccc(C(F)(F)F)c1. The number of rotatable bonds is 2. The molecule has 122 valence electrons. The first-order valence-corrected chi connectivity index (χ1v) is 7.19. The molecule has 0 amide bonds. The van der Waals surface area contributed by atoms with Gasteiger partial charge in [0.1, 0.15) is 5.37 Å². The number of hydrogen-bond acceptors (Lipinski definition) is 5. The Kier molecular flexibility index (Phi) is 4.79. The molecule has 23 heavy (non-hydrogen) atoms. The van der Waals surface area contributed by atoms with Gasteiger partial charge in [0.25, 0.3) is 0 Å². The summed E-state index contributed by atoms with van der Waals surface area (Å²) in [4.78, 5) is 24.9. The van der Waals surface area contributed by atoms with Crippen LogP contribution >= 0.6 is 11.8 Å². The van der Waals surface area contributed by atoms with Gasteiger partial charge in [-0.2, -0.15) is 13.2 Å². The van der Waals surface area contributed by atoms with Gasteiger partial charge >= 0.3 is 12.1 Å². The van der Waals surface area contributed by atoms with Crippen molar-refractivity contribution in [2.24, 2.45) is 0 Å². The van der Waals surface area contributed by atoms with Crippen LogP contribution in [-0.4, -0.2) is 35.0 Å². The number of alkyl halides is 3. The van der Waals surface area contributed by atoms with E-state index in [0.717, 1.165) is 42.0 Å². The van der Waals surface area contributed by atoms with Crippen LogP contribution in [0.3, 0.4) is 0 Å². The second-order valence-electron chi connectivity index (χ2n) is 4.46. The molecule has 5 nitrogen and oxygen atoms in total. The number of esters is 1. The number of Topliss-reactive ketones (excluding diaryl/α,β-unsaturated/α-hetero) is 1. The molecule has 0 saturated heterocycles. The van der Waals surface area contributed by atoms with E-state index in [9.17, 15) is 22.8 Å². The molecule has 1 atom stereocenters. The van der Waals surface area contributed by atoms with Crippen LogP contribution in [0.5, 0.6) is 0 Å². The van der Waals surface area contributed by atoms with E-state index in [1.807, 2.05) is 0 Å². The lowest BCUT2D eigenvalue weighted by Crippen LogP contribution is -2.40. The van der Waals surface area contributed by atoms with Crippen LogP contribution in [0.2, 0.25) is 0 Å². The predicted octanol–water partition coefficient (Wildman–Crippen LogP) is 2.88. The Labute approximate surface area is 133 Å². The third kappa shape index (κ3) is 3.55. The number of nitrogens with zero attached hydrogens (tertiary/aromatic N) is 1. The second kappa shape index (κ2) is 6.45. The van der Waals surface area contributed by atoms with E-state index in [1.54, 1.807) is 0 Å². The lowest BCUT2D eigenvalue weighted by atomic mass is 10.1. The van der Waals surface area contributed by atoms with Gasteiger partial charge < -0.3 is 9.64 Å². The summed E-state index contributed by atoms with van der Waals surface area (Å²) in [5.41, 5.74) is -1.09. The molecule has 0 fully saturated rings. The Bertz CT molecular complexity index is 688. The summed E-state index contributed by atoms with van der Waals surface area (Å²) in [6, 6.07) is 4.02. The number of ketones is 1. The predicted molar refractivity (Wildman–Crippen MR) is 77.9 cm³/mol. The fraction of sp³-hybridized carbons (Fsp3) is 0.214. The van der Waals surface area contributed by atoms with Gasteiger partial charge in [0.15, 0.2) is 5.78 Å². The van der Waals surface area contributed by atoms with Crippen molar-refractivity contribution in [3.8, 4) is 0 Å². The minimum atomic E-state index is -4.56. The van der Waals surface area contributed by atoms with Crippen molar-refractivity contribution < 1.29 is 27.5 Å². The highest BCUT2D eigenvalue weighted by Crippen LogP contribution is 2.32. The maximum atomic E-state index is 12.7. The van der Waals surface area contributed by atoms with Crippen molar-refractivity contribution in [3.63, 3.8) is 0 Å². The van der Waals surface area contributed by atoms with Gasteiger partial charge in [-0.1, -0.05) is 23.9 Å². The van der Waals surface area contributed by atoms with Crippen LogP contribution in [0.15, 0.2) is 35.9 Å². The first kappa shape index (κ1) is 17.1. The molecule has 0 radical (unpaired) electrons. The zero-order valence-corrected chi connectivity index (χ0v) is 12.6. The van der Waals surface area contributed by atoms with Gasteiger partial charge in [-0.15, -0.1) is 0 Å². The molecule has 1 heterocycles. The van der Waals surface area contributed by atoms with Crippen molar-refractivity contribution in [2.45, 2.75) is 11.6 Å². The quantitative estimate of drug-likeness (QED) is 0.387. The van der Waals surface area contributed by atoms with Gasteiger partial charge in [-0.3, -0.25) is 10.2 Å². The highest BCUT2D eigenvalue weighted by Gasteiger charge is 2.35. The summed E-state index contributed by atoms with van der Waals surface area (Å²) >= 11 is 0.989. The number of halogens is 3. The Hall–Kier alpha value is -2.29. The number of amidine groups is 1. The number of ether oxygens (including phenoxy) is 1. The lowest BCUT2D eigenvalue weighted by molar-refractivity contribution is -0.137. The van der Waals surface area contributed by atoms with E-state index < -0.39 is 34.7 Å². The fourth-order valence-corrected chi connectivity index (χ4v) is 2.81. The Balaban J connectivity index is 2.27. The first-order valence-electron chi connectivity index (χ1n) is 6.24. The molecule has 1 aliphatic rings. The molecule has 1 unspecified atom stereocenters. The molecule has 0 bridgehead atoms. The third-order valence-electron chi connectivity index (χ3n) is 3.02. The minimum absolute atomic E-state index is 0.149. The fourth-order valence-electron chi connectivity index (χ4n) is 1.89. The number of nitrogens with one attached hydrogen (secondary N) is 1. The van der Waals surface area contributed by atoms with E-state index in [-0.39, 0.29) is 5.56 Å². The number of thioether (sulfide) groups is 1. The Morgan fingerprint density at radius 3 is 2.65 bits per heavy atom. The maximum Gasteiger partial charge on any atom is 0.416 e. The highest BCUT2D eigenvalue weighted by atomic mass is 32.2. The second-order valence-corrected chi connectivity index (χ2v) is 5.45. The van der Waals surface area contributed by atoms with Crippen molar-refractivity contribution in [1.82, 2.24) is 4.90 Å². The van der Waals surface area contributed by atoms with Gasteiger partial charge in [-0.25, -0.2) is 4.79 Å². The number of carbonyl (C=O) groups excluding carboxylic acids is 2. The van der Waals surface area contributed by atoms with Crippen molar-refractivity contribution in [2.75, 3.05) is 7.11 Å². The molecule has 0 aliphatic carbocycles. The molecular weight excluding hydrogens is 333 g/mol. The molecule has 1 aromatic carbocycles. The lowest BCUT2D eigenvalue weighted by Gasteiger charge is -2.22. The molecule has 2 rings (SSSR count). The van der Waals surface area contributed by atoms with Crippen molar-refractivity contribution in [1.29, 1.82) is 5.41 Å². The summed E-state index contributed by atoms with van der Waals surface area (Å²) in [5, 5.41) is 8.13. The molecule has 0 saturated carbocycles. The molecule has 1 aromatic rings. The zero-order valence-electron chi connectivity index (χ0n) is 11.8. The van der Waals surface area contributed by atoms with Gasteiger partial charge in [0, 0.05) is 11.8 Å². The summed E-state index contributed by atoms with van der Waals surface area (Å²) in [6.07, 6.45) is -3.23. The van der Waals surface area contributed by atoms with Gasteiger partial charge in [0.2, 0.25) is 5.84 Å². The normalized spacial score (nSPS) is 17.2. The van der Waals surface area contributed by atoms with Crippen LogP contribution in [0.25, 0.3) is 0 Å². The maximum absolute atomic E-state index is 12.7. The summed E-state index contributed by atoms with van der Waals surface area (Å²) < 4.78 is 42.6. The number of hydrogen-bond donors (Lipinski definition) is 1. The zero-order chi connectivity index (χ0) is 17.2. The van der Waals surface area contributed by atoms with E-state index in [1.165, 1.54) is 17.7 Å². The van der Waals surface area contributed by atoms with Crippen LogP contribution in [-0.2, 0) is 15.7 Å². The smallest absolute Gasteiger partial charge is 0.416 e. The van der Waals surface area contributed by atoms with Gasteiger partial charge in [-0.05, 0) is 17.5 Å². The Morgan fingerprint density at radius 2 is 2.04 bits per heavy atom. The molecular formula is C14H11F3N2O3S. The minimum Gasteiger partial charge on any atom is -0.463 e. The molecule has 9 heteroatoms. The average molecular weight is 344 g/mol. The van der Waals surface area contributed by atoms with E-state index in [2.05, 4.69) is 4.74 Å². The summed E-state index contributed by atoms with van der Waals surface area (Å²) in [6.45, 7) is 0. The monoisotopic (exact) mass is 344 g/mol.